The van der Waals surface area contributed by atoms with Gasteiger partial charge in [-0.05, 0) is 48.6 Å². The predicted octanol–water partition coefficient (Wildman–Crippen LogP) is 4.19. The molecule has 0 radical (unpaired) electrons. The molecule has 1 aromatic heterocycles. The summed E-state index contributed by atoms with van der Waals surface area (Å²) in [6.45, 7) is 4.16. The number of hydrogen-bond acceptors (Lipinski definition) is 4. The Labute approximate surface area is 173 Å². The Kier molecular flexibility index (Phi) is 5.48. The van der Waals surface area contributed by atoms with E-state index in [0.717, 1.165) is 43.3 Å². The maximum atomic E-state index is 13.1. The van der Waals surface area contributed by atoms with Crippen molar-refractivity contribution in [1.29, 1.82) is 0 Å². The van der Waals surface area contributed by atoms with E-state index in [2.05, 4.69) is 9.80 Å². The SMILES string of the molecule is Cn1c(-c2ccccc2Cl)nn(CN2CCN(c3ccc(F)cc3)CC2)c1=S. The zero-order chi connectivity index (χ0) is 19.7. The summed E-state index contributed by atoms with van der Waals surface area (Å²) in [5.41, 5.74) is 1.93. The van der Waals surface area contributed by atoms with Crippen LogP contribution in [0.5, 0.6) is 0 Å². The first-order valence-corrected chi connectivity index (χ1v) is 9.93. The quantitative estimate of drug-likeness (QED) is 0.595. The van der Waals surface area contributed by atoms with Crippen LogP contribution in [0.4, 0.5) is 10.1 Å². The van der Waals surface area contributed by atoms with Gasteiger partial charge < -0.3 is 9.47 Å². The highest BCUT2D eigenvalue weighted by Gasteiger charge is 2.19. The number of hydrogen-bond donors (Lipinski definition) is 0. The third-order valence-corrected chi connectivity index (χ3v) is 5.87. The van der Waals surface area contributed by atoms with Crippen LogP contribution >= 0.6 is 23.8 Å². The van der Waals surface area contributed by atoms with Crippen LogP contribution < -0.4 is 4.90 Å². The van der Waals surface area contributed by atoms with Crippen LogP contribution in [0.25, 0.3) is 11.4 Å². The van der Waals surface area contributed by atoms with Crippen LogP contribution in [0.1, 0.15) is 0 Å². The van der Waals surface area contributed by atoms with Gasteiger partial charge in [0, 0.05) is 44.5 Å². The summed E-state index contributed by atoms with van der Waals surface area (Å²) in [6.07, 6.45) is 0. The average Bonchev–Trinajstić information content (AvgIpc) is 2.98. The molecule has 1 aliphatic rings. The minimum absolute atomic E-state index is 0.207. The van der Waals surface area contributed by atoms with Crippen LogP contribution in [0.3, 0.4) is 0 Å². The Hall–Kier alpha value is -2.22. The smallest absolute Gasteiger partial charge is 0.199 e. The summed E-state index contributed by atoms with van der Waals surface area (Å²) < 4.78 is 17.5. The number of aromatic nitrogens is 3. The Bertz CT molecular complexity index is 1020. The van der Waals surface area contributed by atoms with Crippen molar-refractivity contribution in [2.45, 2.75) is 6.67 Å². The van der Waals surface area contributed by atoms with Gasteiger partial charge in [-0.15, -0.1) is 0 Å². The second-order valence-electron chi connectivity index (χ2n) is 6.87. The zero-order valence-corrected chi connectivity index (χ0v) is 17.1. The fourth-order valence-electron chi connectivity index (χ4n) is 3.45. The molecule has 3 aromatic rings. The molecular weight excluding hydrogens is 397 g/mol. The maximum Gasteiger partial charge on any atom is 0.199 e. The minimum atomic E-state index is -0.207. The Morgan fingerprint density at radius 2 is 1.71 bits per heavy atom. The molecule has 0 saturated carbocycles. The fraction of sp³-hybridized carbons (Fsp3) is 0.300. The summed E-state index contributed by atoms with van der Waals surface area (Å²) >= 11 is 11.9. The van der Waals surface area contributed by atoms with Gasteiger partial charge in [-0.2, -0.15) is 5.10 Å². The van der Waals surface area contributed by atoms with E-state index in [0.29, 0.717) is 16.5 Å². The molecule has 4 rings (SSSR count). The highest BCUT2D eigenvalue weighted by molar-refractivity contribution is 7.71. The van der Waals surface area contributed by atoms with Gasteiger partial charge in [0.25, 0.3) is 0 Å². The Morgan fingerprint density at radius 1 is 1.04 bits per heavy atom. The second-order valence-corrected chi connectivity index (χ2v) is 7.64. The van der Waals surface area contributed by atoms with Gasteiger partial charge >= 0.3 is 0 Å². The molecule has 0 aliphatic carbocycles. The topological polar surface area (TPSA) is 29.2 Å². The molecule has 1 fully saturated rings. The molecule has 0 unspecified atom stereocenters. The lowest BCUT2D eigenvalue weighted by atomic mass is 10.2. The Balaban J connectivity index is 1.46. The second kappa shape index (κ2) is 8.03. The molecule has 1 saturated heterocycles. The van der Waals surface area contributed by atoms with Gasteiger partial charge in [-0.3, -0.25) is 4.90 Å². The summed E-state index contributed by atoms with van der Waals surface area (Å²) in [5, 5.41) is 5.37. The summed E-state index contributed by atoms with van der Waals surface area (Å²) in [5.74, 6) is 0.557. The number of anilines is 1. The molecule has 146 valence electrons. The lowest BCUT2D eigenvalue weighted by Crippen LogP contribution is -2.47. The first kappa shape index (κ1) is 19.1. The molecule has 2 aromatic carbocycles. The number of benzene rings is 2. The summed E-state index contributed by atoms with van der Waals surface area (Å²) in [4.78, 5) is 4.59. The van der Waals surface area contributed by atoms with Crippen molar-refractivity contribution in [3.63, 3.8) is 0 Å². The predicted molar refractivity (Wildman–Crippen MR) is 113 cm³/mol. The average molecular weight is 418 g/mol. The van der Waals surface area contributed by atoms with Gasteiger partial charge in [-0.25, -0.2) is 9.07 Å². The van der Waals surface area contributed by atoms with Crippen LogP contribution in [0, 0.1) is 10.6 Å². The van der Waals surface area contributed by atoms with E-state index in [9.17, 15) is 4.39 Å². The molecule has 0 amide bonds. The number of piperazine rings is 1. The summed E-state index contributed by atoms with van der Waals surface area (Å²) in [7, 11) is 1.91. The zero-order valence-electron chi connectivity index (χ0n) is 15.6. The lowest BCUT2D eigenvalue weighted by molar-refractivity contribution is 0.194. The van der Waals surface area contributed by atoms with Gasteiger partial charge in [-0.1, -0.05) is 23.7 Å². The van der Waals surface area contributed by atoms with Crippen LogP contribution in [-0.2, 0) is 13.7 Å². The van der Waals surface area contributed by atoms with Crippen molar-refractivity contribution in [2.24, 2.45) is 7.05 Å². The third kappa shape index (κ3) is 3.83. The molecule has 0 atom stereocenters. The van der Waals surface area contributed by atoms with Crippen LogP contribution in [-0.4, -0.2) is 45.4 Å². The first-order chi connectivity index (χ1) is 13.5. The molecular formula is C20H21ClFN5S. The molecule has 2 heterocycles. The van der Waals surface area contributed by atoms with E-state index in [1.807, 2.05) is 52.7 Å². The largest absolute Gasteiger partial charge is 0.369 e. The van der Waals surface area contributed by atoms with Crippen molar-refractivity contribution < 1.29 is 4.39 Å². The van der Waals surface area contributed by atoms with E-state index >= 15 is 0 Å². The number of halogens is 2. The molecule has 28 heavy (non-hydrogen) atoms. The van der Waals surface area contributed by atoms with E-state index in [-0.39, 0.29) is 5.82 Å². The van der Waals surface area contributed by atoms with Crippen LogP contribution in [0.15, 0.2) is 48.5 Å². The normalized spacial score (nSPS) is 15.2. The Morgan fingerprint density at radius 3 is 2.39 bits per heavy atom. The van der Waals surface area contributed by atoms with Gasteiger partial charge in [0.15, 0.2) is 10.6 Å². The van der Waals surface area contributed by atoms with Crippen molar-refractivity contribution in [3.8, 4) is 11.4 Å². The van der Waals surface area contributed by atoms with E-state index < -0.39 is 0 Å². The van der Waals surface area contributed by atoms with Gasteiger partial charge in [0.2, 0.25) is 0 Å². The molecule has 8 heteroatoms. The fourth-order valence-corrected chi connectivity index (χ4v) is 3.85. The van der Waals surface area contributed by atoms with Gasteiger partial charge in [0.05, 0.1) is 11.7 Å². The molecule has 0 bridgehead atoms. The van der Waals surface area contributed by atoms with E-state index in [4.69, 9.17) is 28.9 Å². The maximum absolute atomic E-state index is 13.1. The lowest BCUT2D eigenvalue weighted by Gasteiger charge is -2.35. The standard InChI is InChI=1S/C20H21ClFN5S/c1-24-19(17-4-2-3-5-18(17)21)23-27(20(24)28)14-25-10-12-26(13-11-25)16-8-6-15(22)7-9-16/h2-9H,10-14H2,1H3. The van der Waals surface area contributed by atoms with Crippen LogP contribution in [0.2, 0.25) is 5.02 Å². The highest BCUT2D eigenvalue weighted by Crippen LogP contribution is 2.26. The monoisotopic (exact) mass is 417 g/mol. The third-order valence-electron chi connectivity index (χ3n) is 5.05. The van der Waals surface area contributed by atoms with E-state index in [1.54, 1.807) is 0 Å². The minimum Gasteiger partial charge on any atom is -0.369 e. The summed E-state index contributed by atoms with van der Waals surface area (Å²) in [6, 6.07) is 14.3. The molecule has 0 spiro atoms. The van der Waals surface area contributed by atoms with Gasteiger partial charge in [0.1, 0.15) is 5.82 Å². The molecule has 1 aliphatic heterocycles. The van der Waals surface area contributed by atoms with Crippen molar-refractivity contribution >= 4 is 29.5 Å². The molecule has 5 nitrogen and oxygen atoms in total. The number of nitrogens with zero attached hydrogens (tertiary/aromatic N) is 5. The van der Waals surface area contributed by atoms with Crippen molar-refractivity contribution in [3.05, 3.63) is 64.1 Å². The molecule has 0 N–H and O–H groups in total. The van der Waals surface area contributed by atoms with E-state index in [1.165, 1.54) is 12.1 Å². The van der Waals surface area contributed by atoms with Crippen molar-refractivity contribution in [2.75, 3.05) is 31.1 Å². The first-order valence-electron chi connectivity index (χ1n) is 9.14. The number of rotatable bonds is 4. The van der Waals surface area contributed by atoms with Crippen molar-refractivity contribution in [1.82, 2.24) is 19.2 Å². The highest BCUT2D eigenvalue weighted by atomic mass is 35.5.